The molecule has 0 radical (unpaired) electrons. The van der Waals surface area contributed by atoms with Gasteiger partial charge >= 0.3 is 6.09 Å². The molecule has 166 valence electrons. The van der Waals surface area contributed by atoms with Crippen molar-refractivity contribution in [1.29, 1.82) is 0 Å². The molecule has 0 unspecified atom stereocenters. The topological polar surface area (TPSA) is 59.1 Å². The van der Waals surface area contributed by atoms with Gasteiger partial charge in [-0.15, -0.1) is 11.3 Å². The smallest absolute Gasteiger partial charge is 0.410 e. The minimum Gasteiger partial charge on any atom is -0.477 e. The van der Waals surface area contributed by atoms with Crippen LogP contribution in [0.1, 0.15) is 44.1 Å². The molecule has 0 spiro atoms. The fraction of sp³-hybridized carbons (Fsp3) is 0.500. The largest absolute Gasteiger partial charge is 0.477 e. The predicted molar refractivity (Wildman–Crippen MR) is 120 cm³/mol. The van der Waals surface area contributed by atoms with Gasteiger partial charge in [0.15, 0.2) is 5.60 Å². The molecule has 0 saturated carbocycles. The third kappa shape index (κ3) is 4.87. The number of para-hydroxylation sites is 1. The minimum atomic E-state index is -0.979. The molecule has 1 aromatic heterocycles. The molecule has 7 heteroatoms. The van der Waals surface area contributed by atoms with Crippen LogP contribution in [-0.2, 0) is 22.5 Å². The highest BCUT2D eigenvalue weighted by molar-refractivity contribution is 7.10. The van der Waals surface area contributed by atoms with Gasteiger partial charge in [0.2, 0.25) is 0 Å². The van der Waals surface area contributed by atoms with Crippen molar-refractivity contribution in [3.05, 3.63) is 52.2 Å². The number of carbonyl (C=O) groups is 2. The van der Waals surface area contributed by atoms with E-state index in [9.17, 15) is 9.59 Å². The number of piperidine rings is 1. The summed E-state index contributed by atoms with van der Waals surface area (Å²) in [6.45, 7) is 7.73. The zero-order valence-electron chi connectivity index (χ0n) is 18.4. The molecule has 1 saturated heterocycles. The normalized spacial score (nSPS) is 18.3. The summed E-state index contributed by atoms with van der Waals surface area (Å²) in [5.74, 6) is 0.687. The van der Waals surface area contributed by atoms with Gasteiger partial charge in [0.1, 0.15) is 11.4 Å². The van der Waals surface area contributed by atoms with Gasteiger partial charge < -0.3 is 19.3 Å². The molecule has 0 bridgehead atoms. The first-order valence-corrected chi connectivity index (χ1v) is 11.7. The van der Waals surface area contributed by atoms with Gasteiger partial charge in [-0.3, -0.25) is 4.79 Å². The quantitative estimate of drug-likeness (QED) is 0.703. The van der Waals surface area contributed by atoms with Crippen LogP contribution in [0.3, 0.4) is 0 Å². The van der Waals surface area contributed by atoms with Crippen LogP contribution >= 0.6 is 11.3 Å². The van der Waals surface area contributed by atoms with Crippen molar-refractivity contribution < 1.29 is 19.1 Å². The lowest BCUT2D eigenvalue weighted by molar-refractivity contribution is -0.153. The highest BCUT2D eigenvalue weighted by Gasteiger charge is 2.47. The lowest BCUT2D eigenvalue weighted by atomic mass is 9.88. The number of rotatable bonds is 3. The average Bonchev–Trinajstić information content (AvgIpc) is 3.21. The maximum Gasteiger partial charge on any atom is 0.410 e. The van der Waals surface area contributed by atoms with E-state index in [0.717, 1.165) is 6.42 Å². The third-order valence-corrected chi connectivity index (χ3v) is 6.79. The van der Waals surface area contributed by atoms with E-state index in [1.54, 1.807) is 16.2 Å². The highest BCUT2D eigenvalue weighted by atomic mass is 32.1. The Bertz CT molecular complexity index is 927. The van der Waals surface area contributed by atoms with Gasteiger partial charge in [-0.1, -0.05) is 18.2 Å². The molecule has 2 aliphatic rings. The van der Waals surface area contributed by atoms with Gasteiger partial charge in [0, 0.05) is 43.9 Å². The van der Waals surface area contributed by atoms with E-state index in [2.05, 4.69) is 11.4 Å². The number of hydrogen-bond acceptors (Lipinski definition) is 5. The summed E-state index contributed by atoms with van der Waals surface area (Å²) in [6, 6.07) is 11.6. The lowest BCUT2D eigenvalue weighted by Gasteiger charge is -2.43. The summed E-state index contributed by atoms with van der Waals surface area (Å²) < 4.78 is 11.9. The van der Waals surface area contributed by atoms with Gasteiger partial charge in [0.05, 0.1) is 0 Å². The molecule has 1 fully saturated rings. The first-order valence-electron chi connectivity index (χ1n) is 10.8. The van der Waals surface area contributed by atoms with E-state index in [0.29, 0.717) is 44.8 Å². The summed E-state index contributed by atoms with van der Waals surface area (Å²) in [5, 5.41) is 2.09. The molecule has 3 heterocycles. The molecular weight excluding hydrogens is 412 g/mol. The van der Waals surface area contributed by atoms with Crippen molar-refractivity contribution >= 4 is 23.3 Å². The average molecular weight is 443 g/mol. The highest BCUT2D eigenvalue weighted by Crippen LogP contribution is 2.34. The summed E-state index contributed by atoms with van der Waals surface area (Å²) in [6.07, 6.45) is 1.42. The first kappa shape index (κ1) is 21.7. The lowest BCUT2D eigenvalue weighted by Crippen LogP contribution is -2.59. The zero-order valence-corrected chi connectivity index (χ0v) is 19.2. The Morgan fingerprint density at radius 1 is 1.00 bits per heavy atom. The van der Waals surface area contributed by atoms with E-state index >= 15 is 0 Å². The number of fused-ring (bicyclic) bond motifs is 1. The predicted octanol–water partition coefficient (Wildman–Crippen LogP) is 4.48. The summed E-state index contributed by atoms with van der Waals surface area (Å²) in [7, 11) is 0. The molecule has 6 nitrogen and oxygen atoms in total. The number of amides is 2. The maximum absolute atomic E-state index is 13.8. The summed E-state index contributed by atoms with van der Waals surface area (Å²) in [5.41, 5.74) is -0.299. The second-order valence-electron chi connectivity index (χ2n) is 9.22. The molecule has 2 amide bonds. The Balaban J connectivity index is 1.52. The number of thiophene rings is 1. The van der Waals surface area contributed by atoms with Crippen LogP contribution in [0.4, 0.5) is 4.79 Å². The summed E-state index contributed by atoms with van der Waals surface area (Å²) >= 11 is 1.76. The number of nitrogens with zero attached hydrogens (tertiary/aromatic N) is 2. The Labute approximate surface area is 187 Å². The molecule has 0 aliphatic carbocycles. The molecule has 2 aliphatic heterocycles. The Kier molecular flexibility index (Phi) is 5.97. The number of benzene rings is 1. The van der Waals surface area contributed by atoms with Crippen molar-refractivity contribution in [2.75, 3.05) is 19.6 Å². The van der Waals surface area contributed by atoms with Crippen LogP contribution < -0.4 is 4.74 Å². The molecular formula is C24H30N2O4S. The molecule has 1 aromatic carbocycles. The van der Waals surface area contributed by atoms with E-state index in [-0.39, 0.29) is 12.0 Å². The SMILES string of the molecule is CC(C)(C)OC(=O)N1CCC(Oc2ccccc2)(C(=O)N2CCc3sccc3C2)CC1. The standard InChI is InChI=1S/C24H30N2O4S/c1-23(2,3)30-22(28)25-14-11-24(12-15-25,29-19-7-5-4-6-8-19)21(27)26-13-9-20-18(17-26)10-16-31-20/h4-8,10,16H,9,11-15,17H2,1-3H3. The maximum atomic E-state index is 13.8. The third-order valence-electron chi connectivity index (χ3n) is 5.76. The van der Waals surface area contributed by atoms with E-state index in [4.69, 9.17) is 9.47 Å². The van der Waals surface area contributed by atoms with Crippen LogP contribution in [0.25, 0.3) is 0 Å². The fourth-order valence-corrected chi connectivity index (χ4v) is 5.05. The Morgan fingerprint density at radius 3 is 2.39 bits per heavy atom. The van der Waals surface area contributed by atoms with E-state index in [1.165, 1.54) is 10.4 Å². The Morgan fingerprint density at radius 2 is 1.71 bits per heavy atom. The second kappa shape index (κ2) is 8.54. The van der Waals surface area contributed by atoms with Gasteiger partial charge in [-0.25, -0.2) is 4.79 Å². The zero-order chi connectivity index (χ0) is 22.1. The number of hydrogen-bond donors (Lipinski definition) is 0. The van der Waals surface area contributed by atoms with Crippen LogP contribution in [0.5, 0.6) is 5.75 Å². The van der Waals surface area contributed by atoms with Gasteiger partial charge in [0.25, 0.3) is 5.91 Å². The molecule has 0 N–H and O–H groups in total. The van der Waals surface area contributed by atoms with Crippen molar-refractivity contribution in [1.82, 2.24) is 9.80 Å². The molecule has 0 atom stereocenters. The monoisotopic (exact) mass is 442 g/mol. The van der Waals surface area contributed by atoms with Gasteiger partial charge in [-0.2, -0.15) is 0 Å². The summed E-state index contributed by atoms with van der Waals surface area (Å²) in [4.78, 5) is 31.3. The van der Waals surface area contributed by atoms with Crippen LogP contribution in [-0.4, -0.2) is 52.6 Å². The first-order chi connectivity index (χ1) is 14.8. The number of ether oxygens (including phenoxy) is 2. The molecule has 2 aromatic rings. The van der Waals surface area contributed by atoms with Crippen molar-refractivity contribution in [2.24, 2.45) is 0 Å². The molecule has 31 heavy (non-hydrogen) atoms. The van der Waals surface area contributed by atoms with Gasteiger partial charge in [-0.05, 0) is 56.3 Å². The van der Waals surface area contributed by atoms with E-state index < -0.39 is 11.2 Å². The van der Waals surface area contributed by atoms with Crippen LogP contribution in [0.15, 0.2) is 41.8 Å². The number of carbonyl (C=O) groups excluding carboxylic acids is 2. The van der Waals surface area contributed by atoms with Crippen LogP contribution in [0.2, 0.25) is 0 Å². The number of likely N-dealkylation sites (tertiary alicyclic amines) is 1. The fourth-order valence-electron chi connectivity index (χ4n) is 4.16. The Hall–Kier alpha value is -2.54. The van der Waals surface area contributed by atoms with E-state index in [1.807, 2.05) is 56.0 Å². The van der Waals surface area contributed by atoms with Crippen LogP contribution in [0, 0.1) is 0 Å². The molecule has 4 rings (SSSR count). The van der Waals surface area contributed by atoms with Crippen molar-refractivity contribution in [3.63, 3.8) is 0 Å². The second-order valence-corrected chi connectivity index (χ2v) is 10.2. The van der Waals surface area contributed by atoms with Crippen molar-refractivity contribution in [3.8, 4) is 5.75 Å². The van der Waals surface area contributed by atoms with Crippen molar-refractivity contribution in [2.45, 2.75) is 57.8 Å². The minimum absolute atomic E-state index is 0.0111.